The van der Waals surface area contributed by atoms with Crippen molar-refractivity contribution < 1.29 is 9.59 Å². The third-order valence-electron chi connectivity index (χ3n) is 6.94. The number of carbonyl (C=O) groups is 2. The number of fused-ring (bicyclic) bond motifs is 3. The summed E-state index contributed by atoms with van der Waals surface area (Å²) in [4.78, 5) is 41.0. The Morgan fingerprint density at radius 3 is 2.39 bits per heavy atom. The molecule has 0 aliphatic carbocycles. The average molecular weight is 451 g/mol. The molecule has 2 atom stereocenters. The largest absolute Gasteiger partial charge is 0.328 e. The van der Waals surface area contributed by atoms with E-state index in [0.717, 1.165) is 49.1 Å². The molecule has 0 spiro atoms. The van der Waals surface area contributed by atoms with Gasteiger partial charge in [0.15, 0.2) is 12.2 Å². The van der Waals surface area contributed by atoms with Gasteiger partial charge in [-0.1, -0.05) is 56.3 Å². The van der Waals surface area contributed by atoms with Crippen LogP contribution in [0, 0.1) is 0 Å². The average Bonchev–Trinajstić information content (AvgIpc) is 3.32. The quantitative estimate of drug-likeness (QED) is 0.610. The zero-order chi connectivity index (χ0) is 23.7. The summed E-state index contributed by atoms with van der Waals surface area (Å²) in [5, 5.41) is 0. The fourth-order valence-corrected chi connectivity index (χ4v) is 4.76. The van der Waals surface area contributed by atoms with Gasteiger partial charge >= 0.3 is 6.03 Å². The predicted octanol–water partition coefficient (Wildman–Crippen LogP) is 2.87. The van der Waals surface area contributed by atoms with Crippen molar-refractivity contribution in [2.45, 2.75) is 39.9 Å². The first-order chi connectivity index (χ1) is 15.9. The molecule has 1 fully saturated rings. The summed E-state index contributed by atoms with van der Waals surface area (Å²) in [5.41, 5.74) is 3.17. The van der Waals surface area contributed by atoms with Crippen molar-refractivity contribution in [2.24, 2.45) is 4.99 Å². The fourth-order valence-electron chi connectivity index (χ4n) is 4.76. The molecule has 0 radical (unpaired) electrons. The highest BCUT2D eigenvalue weighted by molar-refractivity contribution is 6.05. The minimum Gasteiger partial charge on any atom is -0.313 e. The molecule has 3 aliphatic heterocycles. The molecule has 1 saturated heterocycles. The minimum absolute atomic E-state index is 0.197. The number of aliphatic imine (C=N–C) groups is 1. The number of hydrogen-bond acceptors (Lipinski definition) is 6. The Kier molecular flexibility index (Phi) is 6.56. The van der Waals surface area contributed by atoms with Crippen molar-refractivity contribution in [3.05, 3.63) is 53.4 Å². The number of carbonyl (C=O) groups excluding carboxylic acids is 2. The topological polar surface area (TPSA) is 62.7 Å². The molecular weight excluding hydrogens is 416 g/mol. The number of hydrogen-bond donors (Lipinski definition) is 0. The van der Waals surface area contributed by atoms with E-state index in [9.17, 15) is 9.59 Å². The van der Waals surface area contributed by atoms with Crippen molar-refractivity contribution in [2.75, 3.05) is 39.8 Å². The number of urea groups is 1. The summed E-state index contributed by atoms with van der Waals surface area (Å²) in [5.74, 6) is 0.583. The third-order valence-corrected chi connectivity index (χ3v) is 6.94. The van der Waals surface area contributed by atoms with Crippen LogP contribution in [0.15, 0.2) is 52.8 Å². The van der Waals surface area contributed by atoms with Crippen LogP contribution < -0.4 is 0 Å². The van der Waals surface area contributed by atoms with Gasteiger partial charge in [0.25, 0.3) is 5.91 Å². The molecule has 1 aromatic carbocycles. The van der Waals surface area contributed by atoms with Crippen LogP contribution in [0.5, 0.6) is 0 Å². The van der Waals surface area contributed by atoms with Gasteiger partial charge in [-0.25, -0.2) is 9.79 Å². The fraction of sp³-hybridized carbons (Fsp3) is 0.480. The van der Waals surface area contributed by atoms with Gasteiger partial charge < -0.3 is 14.7 Å². The lowest BCUT2D eigenvalue weighted by atomic mass is 10.1. The molecule has 3 aliphatic rings. The first-order valence-corrected chi connectivity index (χ1v) is 11.7. The zero-order valence-electron chi connectivity index (χ0n) is 20.2. The molecule has 33 heavy (non-hydrogen) atoms. The standard InChI is InChI=1S/C25H34N6O2/c1-6-28(7-2)16-17-29-18(3)19(4)31-21-22(26-24(29)31)27(5)25(33)30(23(21)32)15-11-14-20-12-9-8-10-13-20/h8-14,21-22H,6-7,15-17H2,1-5H3/b14-11+. The van der Waals surface area contributed by atoms with Gasteiger partial charge in [-0.2, -0.15) is 0 Å². The van der Waals surface area contributed by atoms with E-state index in [1.54, 1.807) is 11.9 Å². The van der Waals surface area contributed by atoms with Crippen LogP contribution in [0.4, 0.5) is 4.79 Å². The Balaban J connectivity index is 1.54. The molecule has 3 heterocycles. The molecule has 8 nitrogen and oxygen atoms in total. The number of benzene rings is 1. The van der Waals surface area contributed by atoms with Crippen LogP contribution in [-0.2, 0) is 4.79 Å². The first-order valence-electron chi connectivity index (χ1n) is 11.7. The van der Waals surface area contributed by atoms with Crippen LogP contribution in [0.25, 0.3) is 6.08 Å². The second-order valence-corrected chi connectivity index (χ2v) is 8.66. The lowest BCUT2D eigenvalue weighted by molar-refractivity contribution is -0.136. The lowest BCUT2D eigenvalue weighted by Crippen LogP contribution is -2.64. The maximum Gasteiger partial charge on any atom is 0.328 e. The summed E-state index contributed by atoms with van der Waals surface area (Å²) in [7, 11) is 1.73. The Morgan fingerprint density at radius 2 is 1.73 bits per heavy atom. The Bertz CT molecular complexity index is 997. The van der Waals surface area contributed by atoms with Crippen LogP contribution in [-0.4, -0.2) is 94.4 Å². The number of imide groups is 1. The minimum atomic E-state index is -0.527. The molecule has 3 amide bonds. The molecule has 176 valence electrons. The molecular formula is C25H34N6O2. The van der Waals surface area contributed by atoms with Gasteiger partial charge in [-0.05, 0) is 32.5 Å². The molecule has 0 bridgehead atoms. The molecule has 1 aromatic rings. The van der Waals surface area contributed by atoms with E-state index >= 15 is 0 Å². The lowest BCUT2D eigenvalue weighted by Gasteiger charge is -2.40. The SMILES string of the molecule is CCN(CC)CCN1C2=NC3C(C(=O)N(C/C=C/c4ccccc4)C(=O)N3C)N2C(C)=C1C. The van der Waals surface area contributed by atoms with Gasteiger partial charge in [0, 0.05) is 38.1 Å². The van der Waals surface area contributed by atoms with E-state index in [1.165, 1.54) is 4.90 Å². The number of rotatable bonds is 8. The van der Waals surface area contributed by atoms with E-state index in [1.807, 2.05) is 54.3 Å². The van der Waals surface area contributed by atoms with Crippen LogP contribution in [0.2, 0.25) is 0 Å². The number of guanidine groups is 1. The summed E-state index contributed by atoms with van der Waals surface area (Å²) in [6.45, 7) is 12.4. The van der Waals surface area contributed by atoms with Crippen molar-refractivity contribution in [1.82, 2.24) is 24.5 Å². The van der Waals surface area contributed by atoms with Crippen molar-refractivity contribution in [3.8, 4) is 0 Å². The highest BCUT2D eigenvalue weighted by atomic mass is 16.2. The van der Waals surface area contributed by atoms with E-state index in [4.69, 9.17) is 4.99 Å². The van der Waals surface area contributed by atoms with Gasteiger partial charge in [-0.3, -0.25) is 14.6 Å². The van der Waals surface area contributed by atoms with Crippen molar-refractivity contribution >= 4 is 24.0 Å². The van der Waals surface area contributed by atoms with Gasteiger partial charge in [0.05, 0.1) is 0 Å². The van der Waals surface area contributed by atoms with E-state index in [-0.39, 0.29) is 18.5 Å². The van der Waals surface area contributed by atoms with E-state index in [0.29, 0.717) is 0 Å². The van der Waals surface area contributed by atoms with E-state index in [2.05, 4.69) is 30.6 Å². The molecule has 2 unspecified atom stereocenters. The predicted molar refractivity (Wildman–Crippen MR) is 130 cm³/mol. The van der Waals surface area contributed by atoms with Crippen LogP contribution >= 0.6 is 0 Å². The molecule has 0 N–H and O–H groups in total. The molecule has 8 heteroatoms. The number of allylic oxidation sites excluding steroid dienone is 2. The Hall–Kier alpha value is -3.13. The van der Waals surface area contributed by atoms with E-state index < -0.39 is 12.2 Å². The number of likely N-dealkylation sites (N-methyl/N-ethyl adjacent to an activating group) is 2. The maximum absolute atomic E-state index is 13.5. The smallest absolute Gasteiger partial charge is 0.313 e. The summed E-state index contributed by atoms with van der Waals surface area (Å²) >= 11 is 0. The second kappa shape index (κ2) is 9.39. The highest BCUT2D eigenvalue weighted by Crippen LogP contribution is 2.37. The molecule has 0 aromatic heterocycles. The van der Waals surface area contributed by atoms with Crippen molar-refractivity contribution in [3.63, 3.8) is 0 Å². The zero-order valence-corrected chi connectivity index (χ0v) is 20.2. The highest BCUT2D eigenvalue weighted by Gasteiger charge is 2.55. The number of nitrogens with zero attached hydrogens (tertiary/aromatic N) is 6. The Morgan fingerprint density at radius 1 is 1.03 bits per heavy atom. The summed E-state index contributed by atoms with van der Waals surface area (Å²) in [6, 6.07) is 9.03. The Labute approximate surface area is 196 Å². The molecule has 4 rings (SSSR count). The van der Waals surface area contributed by atoms with Gasteiger partial charge in [-0.15, -0.1) is 0 Å². The summed E-state index contributed by atoms with van der Waals surface area (Å²) in [6.07, 6.45) is 3.29. The van der Waals surface area contributed by atoms with Crippen molar-refractivity contribution in [1.29, 1.82) is 0 Å². The van der Waals surface area contributed by atoms with Gasteiger partial charge in [0.1, 0.15) is 0 Å². The third kappa shape index (κ3) is 4.04. The normalized spacial score (nSPS) is 22.8. The van der Waals surface area contributed by atoms with Crippen LogP contribution in [0.1, 0.15) is 33.3 Å². The first kappa shape index (κ1) is 23.0. The molecule has 0 saturated carbocycles. The monoisotopic (exact) mass is 450 g/mol. The van der Waals surface area contributed by atoms with Gasteiger partial charge in [0.2, 0.25) is 5.96 Å². The summed E-state index contributed by atoms with van der Waals surface area (Å²) < 4.78 is 0. The van der Waals surface area contributed by atoms with Crippen LogP contribution in [0.3, 0.4) is 0 Å². The second-order valence-electron chi connectivity index (χ2n) is 8.66. The maximum atomic E-state index is 13.5. The number of amides is 3.